The van der Waals surface area contributed by atoms with Gasteiger partial charge in [-0.05, 0) is 26.2 Å². The minimum atomic E-state index is -0.106. The van der Waals surface area contributed by atoms with Gasteiger partial charge in [0.25, 0.3) is 0 Å². The number of halogens is 1. The fourth-order valence-corrected chi connectivity index (χ4v) is 1.34. The molecule has 0 fully saturated rings. The van der Waals surface area contributed by atoms with E-state index in [0.717, 1.165) is 12.1 Å². The minimum Gasteiger partial charge on any atom is -0.261 e. The topological polar surface area (TPSA) is 12.9 Å². The maximum atomic E-state index is 13.4. The minimum absolute atomic E-state index is 0.106. The van der Waals surface area contributed by atoms with E-state index in [2.05, 4.69) is 18.8 Å². The Hall–Kier alpha value is -0.920. The van der Waals surface area contributed by atoms with E-state index in [1.54, 1.807) is 20.0 Å². The van der Waals surface area contributed by atoms with Crippen LogP contribution in [0.25, 0.3) is 0 Å². The predicted molar refractivity (Wildman–Crippen MR) is 52.2 cm³/mol. The summed E-state index contributed by atoms with van der Waals surface area (Å²) in [5, 5.41) is 0. The summed E-state index contributed by atoms with van der Waals surface area (Å²) in [6.07, 6.45) is 2.46. The fourth-order valence-electron chi connectivity index (χ4n) is 1.34. The van der Waals surface area contributed by atoms with Gasteiger partial charge < -0.3 is 0 Å². The van der Waals surface area contributed by atoms with Crippen molar-refractivity contribution in [1.29, 1.82) is 0 Å². The van der Waals surface area contributed by atoms with Crippen LogP contribution >= 0.6 is 0 Å². The van der Waals surface area contributed by atoms with E-state index in [1.807, 2.05) is 0 Å². The highest BCUT2D eigenvalue weighted by Crippen LogP contribution is 2.16. The third-order valence-corrected chi connectivity index (χ3v) is 2.12. The van der Waals surface area contributed by atoms with Crippen molar-refractivity contribution in [2.75, 3.05) is 0 Å². The van der Waals surface area contributed by atoms with Crippen LogP contribution < -0.4 is 0 Å². The lowest BCUT2D eigenvalue weighted by Gasteiger charge is -2.09. The molecule has 1 aromatic rings. The molecular formula is C11H16FN. The Morgan fingerprint density at radius 3 is 2.54 bits per heavy atom. The van der Waals surface area contributed by atoms with E-state index < -0.39 is 0 Å². The lowest BCUT2D eigenvalue weighted by atomic mass is 10.0. The van der Waals surface area contributed by atoms with Gasteiger partial charge in [-0.3, -0.25) is 4.98 Å². The summed E-state index contributed by atoms with van der Waals surface area (Å²) in [5.74, 6) is 0.416. The van der Waals surface area contributed by atoms with Crippen LogP contribution in [0.2, 0.25) is 0 Å². The SMILES string of the molecule is Cc1cnc(CC(C)C)c(C)c1F. The molecule has 1 nitrogen and oxygen atoms in total. The van der Waals surface area contributed by atoms with Crippen molar-refractivity contribution in [2.45, 2.75) is 34.1 Å². The van der Waals surface area contributed by atoms with Crippen LogP contribution in [0.5, 0.6) is 0 Å². The number of pyridine rings is 1. The fraction of sp³-hybridized carbons (Fsp3) is 0.545. The highest BCUT2D eigenvalue weighted by atomic mass is 19.1. The average molecular weight is 181 g/mol. The van der Waals surface area contributed by atoms with Crippen molar-refractivity contribution < 1.29 is 4.39 Å². The molecule has 0 atom stereocenters. The first kappa shape index (κ1) is 10.2. The Bertz CT molecular complexity index is 305. The molecule has 13 heavy (non-hydrogen) atoms. The first-order valence-corrected chi connectivity index (χ1v) is 4.63. The number of hydrogen-bond donors (Lipinski definition) is 0. The van der Waals surface area contributed by atoms with Gasteiger partial charge in [-0.2, -0.15) is 0 Å². The Balaban J connectivity index is 3.04. The average Bonchev–Trinajstić information content (AvgIpc) is 2.06. The molecule has 0 radical (unpaired) electrons. The number of hydrogen-bond acceptors (Lipinski definition) is 1. The molecule has 0 N–H and O–H groups in total. The van der Waals surface area contributed by atoms with Gasteiger partial charge >= 0.3 is 0 Å². The summed E-state index contributed by atoms with van der Waals surface area (Å²) < 4.78 is 13.4. The van der Waals surface area contributed by atoms with Crippen LogP contribution in [0.1, 0.15) is 30.7 Å². The molecule has 0 bridgehead atoms. The van der Waals surface area contributed by atoms with Crippen molar-refractivity contribution in [3.63, 3.8) is 0 Å². The molecule has 72 valence electrons. The molecule has 2 heteroatoms. The first-order valence-electron chi connectivity index (χ1n) is 4.63. The third-order valence-electron chi connectivity index (χ3n) is 2.12. The Labute approximate surface area is 79.0 Å². The summed E-state index contributed by atoms with van der Waals surface area (Å²) in [7, 11) is 0. The highest BCUT2D eigenvalue weighted by Gasteiger charge is 2.09. The summed E-state index contributed by atoms with van der Waals surface area (Å²) in [6.45, 7) is 7.76. The highest BCUT2D eigenvalue weighted by molar-refractivity contribution is 5.25. The molecule has 0 aliphatic carbocycles. The molecule has 1 aromatic heterocycles. The molecule has 0 unspecified atom stereocenters. The quantitative estimate of drug-likeness (QED) is 0.683. The van der Waals surface area contributed by atoms with Crippen LogP contribution in [-0.4, -0.2) is 4.98 Å². The van der Waals surface area contributed by atoms with Crippen molar-refractivity contribution >= 4 is 0 Å². The second-order valence-corrected chi connectivity index (χ2v) is 3.92. The summed E-state index contributed by atoms with van der Waals surface area (Å²) in [4.78, 5) is 4.24. The second-order valence-electron chi connectivity index (χ2n) is 3.92. The maximum Gasteiger partial charge on any atom is 0.132 e. The Morgan fingerprint density at radius 2 is 2.00 bits per heavy atom. The molecule has 0 spiro atoms. The molecule has 1 heterocycles. The zero-order valence-corrected chi connectivity index (χ0v) is 8.69. The zero-order chi connectivity index (χ0) is 10.0. The monoisotopic (exact) mass is 181 g/mol. The van der Waals surface area contributed by atoms with Crippen LogP contribution in [0.3, 0.4) is 0 Å². The summed E-state index contributed by atoms with van der Waals surface area (Å²) in [5.41, 5.74) is 2.22. The lowest BCUT2D eigenvalue weighted by Crippen LogP contribution is -2.03. The lowest BCUT2D eigenvalue weighted by molar-refractivity contribution is 0.585. The molecule has 0 aromatic carbocycles. The van der Waals surface area contributed by atoms with Gasteiger partial charge in [0, 0.05) is 23.0 Å². The predicted octanol–water partition coefficient (Wildman–Crippen LogP) is 3.04. The number of aryl methyl sites for hydroxylation is 1. The maximum absolute atomic E-state index is 13.4. The van der Waals surface area contributed by atoms with Crippen LogP contribution in [-0.2, 0) is 6.42 Å². The molecule has 1 rings (SSSR count). The van der Waals surface area contributed by atoms with E-state index in [-0.39, 0.29) is 5.82 Å². The van der Waals surface area contributed by atoms with Crippen molar-refractivity contribution in [1.82, 2.24) is 4.98 Å². The molecule has 0 aliphatic heterocycles. The van der Waals surface area contributed by atoms with Gasteiger partial charge in [-0.25, -0.2) is 4.39 Å². The van der Waals surface area contributed by atoms with Crippen molar-refractivity contribution in [3.8, 4) is 0 Å². The molecule has 0 amide bonds. The molecule has 0 saturated carbocycles. The largest absolute Gasteiger partial charge is 0.261 e. The van der Waals surface area contributed by atoms with E-state index in [4.69, 9.17) is 0 Å². The zero-order valence-electron chi connectivity index (χ0n) is 8.69. The van der Waals surface area contributed by atoms with Crippen LogP contribution in [0.15, 0.2) is 6.20 Å². The van der Waals surface area contributed by atoms with Crippen molar-refractivity contribution in [3.05, 3.63) is 28.8 Å². The van der Waals surface area contributed by atoms with Gasteiger partial charge in [0.05, 0.1) is 0 Å². The third kappa shape index (κ3) is 2.27. The Morgan fingerprint density at radius 1 is 1.38 bits per heavy atom. The number of rotatable bonds is 2. The second kappa shape index (κ2) is 3.86. The number of aromatic nitrogens is 1. The summed E-state index contributed by atoms with van der Waals surface area (Å²) in [6, 6.07) is 0. The molecular weight excluding hydrogens is 165 g/mol. The Kier molecular flexibility index (Phi) is 3.02. The van der Waals surface area contributed by atoms with Gasteiger partial charge in [-0.1, -0.05) is 13.8 Å². The van der Waals surface area contributed by atoms with E-state index >= 15 is 0 Å². The molecule has 0 aliphatic rings. The van der Waals surface area contributed by atoms with Gasteiger partial charge in [0.2, 0.25) is 0 Å². The van der Waals surface area contributed by atoms with Crippen LogP contribution in [0.4, 0.5) is 4.39 Å². The van der Waals surface area contributed by atoms with E-state index in [1.165, 1.54) is 0 Å². The van der Waals surface area contributed by atoms with Gasteiger partial charge in [0.1, 0.15) is 5.82 Å². The van der Waals surface area contributed by atoms with Gasteiger partial charge in [0.15, 0.2) is 0 Å². The standard InChI is InChI=1S/C11H16FN/c1-7(2)5-10-9(4)11(12)8(3)6-13-10/h6-7H,5H2,1-4H3. The molecule has 0 saturated heterocycles. The van der Waals surface area contributed by atoms with Crippen molar-refractivity contribution in [2.24, 2.45) is 5.92 Å². The number of nitrogens with zero attached hydrogens (tertiary/aromatic N) is 1. The van der Waals surface area contributed by atoms with Gasteiger partial charge in [-0.15, -0.1) is 0 Å². The van der Waals surface area contributed by atoms with Crippen LogP contribution in [0, 0.1) is 25.6 Å². The summed E-state index contributed by atoms with van der Waals surface area (Å²) >= 11 is 0. The van der Waals surface area contributed by atoms with E-state index in [9.17, 15) is 4.39 Å². The van der Waals surface area contributed by atoms with E-state index in [0.29, 0.717) is 17.0 Å². The first-order chi connectivity index (χ1) is 6.02. The smallest absolute Gasteiger partial charge is 0.132 e. The normalized spacial score (nSPS) is 10.9.